The number of unbranched alkanes of at least 4 members (excludes halogenated alkanes) is 1. The smallest absolute Gasteiger partial charge is 0.326 e. The van der Waals surface area contributed by atoms with Crippen LogP contribution < -0.4 is 5.32 Å². The number of rotatable bonds is 12. The first-order chi connectivity index (χ1) is 19.4. The summed E-state index contributed by atoms with van der Waals surface area (Å²) in [7, 11) is 0. The van der Waals surface area contributed by atoms with E-state index in [4.69, 9.17) is 4.74 Å². The van der Waals surface area contributed by atoms with Crippen LogP contribution in [0.25, 0.3) is 0 Å². The van der Waals surface area contributed by atoms with Crippen LogP contribution in [0.15, 0.2) is 24.3 Å². The highest BCUT2D eigenvalue weighted by atomic mass is 16.6. The first-order valence-electron chi connectivity index (χ1n) is 15.5. The number of hydrogen-bond acceptors (Lipinski definition) is 5. The third-order valence-electron chi connectivity index (χ3n) is 8.38. The summed E-state index contributed by atoms with van der Waals surface area (Å²) in [6.07, 6.45) is 8.01. The molecule has 2 unspecified atom stereocenters. The molecule has 3 rings (SSSR count). The molecule has 1 saturated heterocycles. The van der Waals surface area contributed by atoms with Gasteiger partial charge in [0.1, 0.15) is 17.7 Å². The van der Waals surface area contributed by atoms with E-state index in [-0.39, 0.29) is 36.0 Å². The Morgan fingerprint density at radius 1 is 1.07 bits per heavy atom. The van der Waals surface area contributed by atoms with E-state index in [9.17, 15) is 24.3 Å². The topological polar surface area (TPSA) is 113 Å². The molecule has 2 amide bonds. The van der Waals surface area contributed by atoms with Gasteiger partial charge in [-0.15, -0.1) is 0 Å². The Labute approximate surface area is 245 Å². The first kappa shape index (κ1) is 32.6. The molecule has 41 heavy (non-hydrogen) atoms. The van der Waals surface area contributed by atoms with Crippen molar-refractivity contribution in [3.05, 3.63) is 35.4 Å². The monoisotopic (exact) mass is 570 g/mol. The van der Waals surface area contributed by atoms with Gasteiger partial charge in [0.15, 0.2) is 0 Å². The summed E-state index contributed by atoms with van der Waals surface area (Å²) in [5.74, 6) is -1.66. The fourth-order valence-electron chi connectivity index (χ4n) is 6.25. The van der Waals surface area contributed by atoms with E-state index in [0.717, 1.165) is 12.0 Å². The van der Waals surface area contributed by atoms with Crippen molar-refractivity contribution in [2.24, 2.45) is 17.8 Å². The molecule has 3 atom stereocenters. The molecule has 1 aliphatic heterocycles. The number of carboxylic acids is 1. The highest BCUT2D eigenvalue weighted by molar-refractivity contribution is 5.91. The van der Waals surface area contributed by atoms with Crippen LogP contribution in [0.4, 0.5) is 0 Å². The molecule has 8 heteroatoms. The fraction of sp³-hybridized carbons (Fsp3) is 0.697. The zero-order chi connectivity index (χ0) is 30.2. The third-order valence-corrected chi connectivity index (χ3v) is 8.38. The summed E-state index contributed by atoms with van der Waals surface area (Å²) in [6.45, 7) is 10.4. The largest absolute Gasteiger partial charge is 0.480 e. The van der Waals surface area contributed by atoms with Gasteiger partial charge in [-0.05, 0) is 88.7 Å². The molecule has 2 fully saturated rings. The van der Waals surface area contributed by atoms with E-state index in [1.165, 1.54) is 29.7 Å². The van der Waals surface area contributed by atoms with Crippen molar-refractivity contribution < 1.29 is 29.0 Å². The number of carbonyl (C=O) groups is 4. The molecule has 0 radical (unpaired) electrons. The minimum absolute atomic E-state index is 0.149. The van der Waals surface area contributed by atoms with E-state index >= 15 is 0 Å². The molecule has 0 bridgehead atoms. The predicted octanol–water partition coefficient (Wildman–Crippen LogP) is 5.31. The van der Waals surface area contributed by atoms with Gasteiger partial charge in [0.05, 0.1) is 12.3 Å². The van der Waals surface area contributed by atoms with Crippen LogP contribution >= 0.6 is 0 Å². The average Bonchev–Trinajstić information content (AvgIpc) is 3.40. The molecule has 0 spiro atoms. The maximum absolute atomic E-state index is 13.8. The van der Waals surface area contributed by atoms with Crippen molar-refractivity contribution in [2.75, 3.05) is 6.54 Å². The molecular formula is C33H50N2O6. The Bertz CT molecular complexity index is 1060. The number of likely N-dealkylation sites (tertiary alicyclic amines) is 1. The molecule has 1 heterocycles. The maximum atomic E-state index is 13.8. The second-order valence-electron chi connectivity index (χ2n) is 13.2. The van der Waals surface area contributed by atoms with Gasteiger partial charge in [-0.2, -0.15) is 0 Å². The van der Waals surface area contributed by atoms with E-state index in [0.29, 0.717) is 51.0 Å². The molecule has 1 aliphatic carbocycles. The van der Waals surface area contributed by atoms with Gasteiger partial charge in [-0.1, -0.05) is 57.4 Å². The number of nitrogens with zero attached hydrogens (tertiary/aromatic N) is 1. The summed E-state index contributed by atoms with van der Waals surface area (Å²) < 4.78 is 5.58. The second-order valence-corrected chi connectivity index (χ2v) is 13.2. The molecule has 2 N–H and O–H groups in total. The Morgan fingerprint density at radius 3 is 2.39 bits per heavy atom. The molecule has 228 valence electrons. The van der Waals surface area contributed by atoms with Gasteiger partial charge in [-0.25, -0.2) is 4.79 Å². The van der Waals surface area contributed by atoms with Crippen LogP contribution in [0.2, 0.25) is 0 Å². The van der Waals surface area contributed by atoms with Gasteiger partial charge >= 0.3 is 11.9 Å². The fourth-order valence-corrected chi connectivity index (χ4v) is 6.25. The lowest BCUT2D eigenvalue weighted by molar-refractivity contribution is -0.161. The van der Waals surface area contributed by atoms with Crippen LogP contribution in [-0.4, -0.2) is 58.0 Å². The van der Waals surface area contributed by atoms with E-state index in [1.54, 1.807) is 0 Å². The van der Waals surface area contributed by atoms with E-state index in [2.05, 4.69) is 31.3 Å². The lowest BCUT2D eigenvalue weighted by atomic mass is 9.78. The molecule has 0 aromatic heterocycles. The Hall–Kier alpha value is -2.90. The number of carbonyl (C=O) groups excluding carboxylic acids is 3. The summed E-state index contributed by atoms with van der Waals surface area (Å²) in [5.41, 5.74) is 1.54. The molecule has 1 aromatic rings. The van der Waals surface area contributed by atoms with Gasteiger partial charge in [0.25, 0.3) is 0 Å². The van der Waals surface area contributed by atoms with Gasteiger partial charge in [0, 0.05) is 6.54 Å². The van der Waals surface area contributed by atoms with Crippen molar-refractivity contribution in [1.82, 2.24) is 10.2 Å². The third kappa shape index (κ3) is 9.86. The number of aliphatic carboxylic acids is 1. The number of nitrogens with one attached hydrogen (secondary N) is 1. The van der Waals surface area contributed by atoms with Crippen molar-refractivity contribution in [2.45, 2.75) is 123 Å². The summed E-state index contributed by atoms with van der Waals surface area (Å²) in [4.78, 5) is 53.0. The molecular weight excluding hydrogens is 520 g/mol. The molecule has 2 aliphatic rings. The predicted molar refractivity (Wildman–Crippen MR) is 158 cm³/mol. The average molecular weight is 571 g/mol. The molecule has 1 aromatic carbocycles. The summed E-state index contributed by atoms with van der Waals surface area (Å²) >= 11 is 0. The van der Waals surface area contributed by atoms with Crippen molar-refractivity contribution in [1.29, 1.82) is 0 Å². The van der Waals surface area contributed by atoms with Gasteiger partial charge < -0.3 is 20.1 Å². The number of benzene rings is 1. The minimum atomic E-state index is -1.01. The van der Waals surface area contributed by atoms with Crippen molar-refractivity contribution in [3.8, 4) is 0 Å². The highest BCUT2D eigenvalue weighted by Gasteiger charge is 2.42. The Morgan fingerprint density at radius 2 is 1.76 bits per heavy atom. The summed E-state index contributed by atoms with van der Waals surface area (Å²) in [5, 5.41) is 12.7. The zero-order valence-electron chi connectivity index (χ0n) is 25.6. The SMILES string of the molecule is CCCCC(C)Cc1cccc(CC(=O)N[C@H](C(=O)N2CCCC2C(=O)O)C2CCC(C(=O)OC(C)(C)C)CC2)c1. The number of amides is 2. The lowest BCUT2D eigenvalue weighted by Gasteiger charge is -2.36. The van der Waals surface area contributed by atoms with Crippen molar-refractivity contribution >= 4 is 23.8 Å². The molecule has 8 nitrogen and oxygen atoms in total. The number of esters is 1. The standard InChI is InChI=1S/C33H50N2O6/c1-6-7-10-22(2)19-23-11-8-12-24(20-23)21-28(36)34-29(30(37)35-18-9-13-27(35)31(38)39)25-14-16-26(17-15-25)32(40)41-33(3,4)5/h8,11-12,20,22,25-27,29H,6-7,9-10,13-19,21H2,1-5H3,(H,34,36)(H,38,39)/t22?,25?,26?,27?,29-/m0/s1. The quantitative estimate of drug-likeness (QED) is 0.330. The zero-order valence-corrected chi connectivity index (χ0v) is 25.6. The van der Waals surface area contributed by atoms with E-state index in [1.807, 2.05) is 32.9 Å². The van der Waals surface area contributed by atoms with Crippen LogP contribution in [0.3, 0.4) is 0 Å². The number of ether oxygens (including phenoxy) is 1. The summed E-state index contributed by atoms with van der Waals surface area (Å²) in [6, 6.07) is 6.40. The second kappa shape index (κ2) is 14.8. The molecule has 1 saturated carbocycles. The number of carboxylic acid groups (broad SMARTS) is 1. The lowest BCUT2D eigenvalue weighted by Crippen LogP contribution is -2.55. The minimum Gasteiger partial charge on any atom is -0.480 e. The Kier molecular flexibility index (Phi) is 11.8. The van der Waals surface area contributed by atoms with Gasteiger partial charge in [-0.3, -0.25) is 14.4 Å². The highest BCUT2D eigenvalue weighted by Crippen LogP contribution is 2.34. The van der Waals surface area contributed by atoms with Crippen LogP contribution in [-0.2, 0) is 36.8 Å². The number of hydrogen-bond donors (Lipinski definition) is 2. The Balaban J connectivity index is 1.70. The van der Waals surface area contributed by atoms with Crippen LogP contribution in [0.1, 0.15) is 104 Å². The maximum Gasteiger partial charge on any atom is 0.326 e. The van der Waals surface area contributed by atoms with Gasteiger partial charge in [0.2, 0.25) is 11.8 Å². The van der Waals surface area contributed by atoms with Crippen LogP contribution in [0, 0.1) is 17.8 Å². The van der Waals surface area contributed by atoms with Crippen molar-refractivity contribution in [3.63, 3.8) is 0 Å². The normalized spacial score (nSPS) is 22.6. The first-order valence-corrected chi connectivity index (χ1v) is 15.5. The van der Waals surface area contributed by atoms with E-state index < -0.39 is 23.7 Å². The van der Waals surface area contributed by atoms with Crippen LogP contribution in [0.5, 0.6) is 0 Å².